The maximum absolute atomic E-state index is 12.5. The standard InChI is InChI=1S/C18H16O3/c1-21-18-14(12-8-4-2-5-9-12)16(19)17(20)15(18)13-10-6-3-7-11-13/h2-11,14,16,19H,1H3/t14-,16+/m1/s1. The molecule has 2 atom stereocenters. The fourth-order valence-corrected chi connectivity index (χ4v) is 2.83. The number of hydrogen-bond donors (Lipinski definition) is 1. The van der Waals surface area contributed by atoms with Crippen molar-refractivity contribution in [2.45, 2.75) is 12.0 Å². The Balaban J connectivity index is 2.15. The van der Waals surface area contributed by atoms with Gasteiger partial charge in [0, 0.05) is 0 Å². The topological polar surface area (TPSA) is 46.5 Å². The molecule has 106 valence electrons. The molecule has 0 bridgehead atoms. The fourth-order valence-electron chi connectivity index (χ4n) is 2.83. The Morgan fingerprint density at radius 2 is 1.52 bits per heavy atom. The van der Waals surface area contributed by atoms with E-state index >= 15 is 0 Å². The highest BCUT2D eigenvalue weighted by Crippen LogP contribution is 2.41. The molecule has 21 heavy (non-hydrogen) atoms. The van der Waals surface area contributed by atoms with Crippen LogP contribution in [0.4, 0.5) is 0 Å². The fraction of sp³-hybridized carbons (Fsp3) is 0.167. The molecule has 0 unspecified atom stereocenters. The molecule has 0 spiro atoms. The van der Waals surface area contributed by atoms with Crippen LogP contribution in [0.15, 0.2) is 66.4 Å². The molecule has 3 heteroatoms. The quantitative estimate of drug-likeness (QED) is 0.940. The van der Waals surface area contributed by atoms with Gasteiger partial charge in [0.25, 0.3) is 0 Å². The highest BCUT2D eigenvalue weighted by molar-refractivity contribution is 6.26. The molecule has 3 rings (SSSR count). The first kappa shape index (κ1) is 13.6. The Bertz CT molecular complexity index is 674. The molecule has 2 aromatic carbocycles. The minimum atomic E-state index is -1.10. The van der Waals surface area contributed by atoms with Crippen molar-refractivity contribution in [2.75, 3.05) is 7.11 Å². The number of methoxy groups -OCH3 is 1. The predicted molar refractivity (Wildman–Crippen MR) is 80.6 cm³/mol. The van der Waals surface area contributed by atoms with Crippen LogP contribution in [0.2, 0.25) is 0 Å². The third-order valence-corrected chi connectivity index (χ3v) is 3.80. The average molecular weight is 280 g/mol. The summed E-state index contributed by atoms with van der Waals surface area (Å²) in [6.07, 6.45) is -1.10. The summed E-state index contributed by atoms with van der Waals surface area (Å²) >= 11 is 0. The van der Waals surface area contributed by atoms with Crippen molar-refractivity contribution in [1.82, 2.24) is 0 Å². The summed E-state index contributed by atoms with van der Waals surface area (Å²) in [5, 5.41) is 10.4. The summed E-state index contributed by atoms with van der Waals surface area (Å²) in [6.45, 7) is 0. The number of aliphatic hydroxyl groups is 1. The molecule has 0 saturated heterocycles. The van der Waals surface area contributed by atoms with Crippen molar-refractivity contribution in [3.05, 3.63) is 77.5 Å². The second-order valence-corrected chi connectivity index (χ2v) is 5.01. The summed E-state index contributed by atoms with van der Waals surface area (Å²) < 4.78 is 5.48. The number of ketones is 1. The van der Waals surface area contributed by atoms with Gasteiger partial charge in [0.2, 0.25) is 0 Å². The van der Waals surface area contributed by atoms with Gasteiger partial charge < -0.3 is 9.84 Å². The van der Waals surface area contributed by atoms with E-state index in [1.54, 1.807) is 7.11 Å². The molecule has 2 aromatic rings. The normalized spacial score (nSPS) is 21.7. The van der Waals surface area contributed by atoms with E-state index in [-0.39, 0.29) is 5.78 Å². The molecule has 3 nitrogen and oxygen atoms in total. The number of hydrogen-bond acceptors (Lipinski definition) is 3. The maximum atomic E-state index is 12.5. The van der Waals surface area contributed by atoms with Gasteiger partial charge in [-0.25, -0.2) is 0 Å². The minimum Gasteiger partial charge on any atom is -0.500 e. The van der Waals surface area contributed by atoms with Crippen molar-refractivity contribution in [2.24, 2.45) is 0 Å². The SMILES string of the molecule is COC1=C(c2ccccc2)C(=O)[C@@H](O)[C@H]1c1ccccc1. The third kappa shape index (κ3) is 2.26. The van der Waals surface area contributed by atoms with Crippen molar-refractivity contribution in [1.29, 1.82) is 0 Å². The summed E-state index contributed by atoms with van der Waals surface area (Å²) in [5.41, 5.74) is 2.12. The van der Waals surface area contributed by atoms with Crippen LogP contribution in [0.1, 0.15) is 17.0 Å². The smallest absolute Gasteiger partial charge is 0.196 e. The first-order valence-electron chi connectivity index (χ1n) is 6.85. The van der Waals surface area contributed by atoms with E-state index in [1.165, 1.54) is 0 Å². The Hall–Kier alpha value is -2.39. The van der Waals surface area contributed by atoms with E-state index in [0.29, 0.717) is 11.3 Å². The Labute approximate surface area is 123 Å². The van der Waals surface area contributed by atoms with Gasteiger partial charge in [-0.1, -0.05) is 60.7 Å². The van der Waals surface area contributed by atoms with Crippen LogP contribution in [-0.2, 0) is 9.53 Å². The van der Waals surface area contributed by atoms with Crippen molar-refractivity contribution in [3.8, 4) is 0 Å². The van der Waals surface area contributed by atoms with Crippen LogP contribution in [0.25, 0.3) is 5.57 Å². The monoisotopic (exact) mass is 280 g/mol. The molecule has 0 saturated carbocycles. The van der Waals surface area contributed by atoms with Gasteiger partial charge in [-0.2, -0.15) is 0 Å². The van der Waals surface area contributed by atoms with Gasteiger partial charge >= 0.3 is 0 Å². The van der Waals surface area contributed by atoms with Crippen molar-refractivity contribution >= 4 is 11.4 Å². The van der Waals surface area contributed by atoms with Crippen LogP contribution >= 0.6 is 0 Å². The molecule has 0 fully saturated rings. The molecule has 0 amide bonds. The first-order valence-corrected chi connectivity index (χ1v) is 6.85. The van der Waals surface area contributed by atoms with Crippen LogP contribution in [0, 0.1) is 0 Å². The number of ether oxygens (including phenoxy) is 1. The summed E-state index contributed by atoms with van der Waals surface area (Å²) in [5.74, 6) is -0.198. The van der Waals surface area contributed by atoms with Crippen LogP contribution in [0.3, 0.4) is 0 Å². The van der Waals surface area contributed by atoms with Crippen LogP contribution < -0.4 is 0 Å². The predicted octanol–water partition coefficient (Wildman–Crippen LogP) is 2.77. The van der Waals surface area contributed by atoms with Gasteiger partial charge in [0.15, 0.2) is 5.78 Å². The minimum absolute atomic E-state index is 0.285. The Morgan fingerprint density at radius 1 is 0.952 bits per heavy atom. The Morgan fingerprint density at radius 3 is 2.10 bits per heavy atom. The molecular weight excluding hydrogens is 264 g/mol. The van der Waals surface area contributed by atoms with Crippen molar-refractivity contribution < 1.29 is 14.6 Å². The van der Waals surface area contributed by atoms with Crippen LogP contribution in [-0.4, -0.2) is 24.1 Å². The number of rotatable bonds is 3. The highest BCUT2D eigenvalue weighted by atomic mass is 16.5. The van der Waals surface area contributed by atoms with E-state index < -0.39 is 12.0 Å². The van der Waals surface area contributed by atoms with Gasteiger partial charge in [0.05, 0.1) is 18.6 Å². The molecule has 0 radical (unpaired) electrons. The van der Waals surface area contributed by atoms with E-state index in [4.69, 9.17) is 4.74 Å². The third-order valence-electron chi connectivity index (χ3n) is 3.80. The molecule has 0 heterocycles. The zero-order valence-electron chi connectivity index (χ0n) is 11.7. The van der Waals surface area contributed by atoms with Gasteiger partial charge in [-0.05, 0) is 11.1 Å². The number of carbonyl (C=O) groups excluding carboxylic acids is 1. The molecule has 0 aromatic heterocycles. The first-order chi connectivity index (χ1) is 10.2. The number of carbonyl (C=O) groups is 1. The maximum Gasteiger partial charge on any atom is 0.196 e. The molecular formula is C18H16O3. The summed E-state index contributed by atoms with van der Waals surface area (Å²) in [7, 11) is 1.54. The molecule has 1 N–H and O–H groups in total. The molecule has 1 aliphatic carbocycles. The van der Waals surface area contributed by atoms with Gasteiger partial charge in [-0.3, -0.25) is 4.79 Å². The van der Waals surface area contributed by atoms with E-state index in [2.05, 4.69) is 0 Å². The highest BCUT2D eigenvalue weighted by Gasteiger charge is 2.43. The molecule has 1 aliphatic rings. The van der Waals surface area contributed by atoms with E-state index in [0.717, 1.165) is 11.1 Å². The summed E-state index contributed by atoms with van der Waals surface area (Å²) in [6, 6.07) is 18.8. The zero-order chi connectivity index (χ0) is 14.8. The van der Waals surface area contributed by atoms with E-state index in [1.807, 2.05) is 60.7 Å². The molecule has 0 aliphatic heterocycles. The lowest BCUT2D eigenvalue weighted by molar-refractivity contribution is -0.121. The largest absolute Gasteiger partial charge is 0.500 e. The number of Topliss-reactive ketones (excluding diaryl/α,β-unsaturated/α-hetero) is 1. The van der Waals surface area contributed by atoms with Gasteiger partial charge in [0.1, 0.15) is 11.9 Å². The number of benzene rings is 2. The lowest BCUT2D eigenvalue weighted by Crippen LogP contribution is -2.22. The van der Waals surface area contributed by atoms with Crippen molar-refractivity contribution in [3.63, 3.8) is 0 Å². The Kier molecular flexibility index (Phi) is 3.59. The number of aliphatic hydroxyl groups excluding tert-OH is 1. The lowest BCUT2D eigenvalue weighted by Gasteiger charge is -2.17. The lowest BCUT2D eigenvalue weighted by atomic mass is 9.95. The van der Waals surface area contributed by atoms with Gasteiger partial charge in [-0.15, -0.1) is 0 Å². The zero-order valence-corrected chi connectivity index (χ0v) is 11.7. The van der Waals surface area contributed by atoms with E-state index in [9.17, 15) is 9.90 Å². The average Bonchev–Trinajstić information content (AvgIpc) is 2.80. The second kappa shape index (κ2) is 5.54. The summed E-state index contributed by atoms with van der Waals surface area (Å²) in [4.78, 5) is 12.5. The van der Waals surface area contributed by atoms with Crippen LogP contribution in [0.5, 0.6) is 0 Å². The second-order valence-electron chi connectivity index (χ2n) is 5.01.